The molecule has 2 aromatic carbocycles. The van der Waals surface area contributed by atoms with E-state index in [0.717, 1.165) is 62.5 Å². The lowest BCUT2D eigenvalue weighted by Crippen LogP contribution is -2.42. The second-order valence-corrected chi connectivity index (χ2v) is 12.1. The lowest BCUT2D eigenvalue weighted by atomic mass is 9.68. The minimum absolute atomic E-state index is 0.0190. The van der Waals surface area contributed by atoms with Gasteiger partial charge in [-0.15, -0.1) is 0 Å². The second-order valence-electron chi connectivity index (χ2n) is 12.1. The molecule has 1 saturated carbocycles. The Morgan fingerprint density at radius 2 is 1.80 bits per heavy atom. The van der Waals surface area contributed by atoms with Crippen molar-refractivity contribution >= 4 is 23.5 Å². The van der Waals surface area contributed by atoms with Gasteiger partial charge in [-0.1, -0.05) is 86.7 Å². The molecule has 0 spiro atoms. The zero-order chi connectivity index (χ0) is 27.6. The van der Waals surface area contributed by atoms with Crippen molar-refractivity contribution in [3.05, 3.63) is 76.9 Å². The van der Waals surface area contributed by atoms with E-state index in [1.54, 1.807) is 17.0 Å². The van der Waals surface area contributed by atoms with Crippen LogP contribution in [0.3, 0.4) is 0 Å². The van der Waals surface area contributed by atoms with Crippen LogP contribution in [0.2, 0.25) is 0 Å². The van der Waals surface area contributed by atoms with Crippen LogP contribution in [0.5, 0.6) is 5.75 Å². The highest BCUT2D eigenvalue weighted by Gasteiger charge is 2.57. The minimum atomic E-state index is -0.258. The Morgan fingerprint density at radius 3 is 2.55 bits per heavy atom. The number of aromatic hydroxyl groups is 1. The van der Waals surface area contributed by atoms with E-state index >= 15 is 0 Å². The quantitative estimate of drug-likeness (QED) is 0.220. The molecule has 2 aromatic rings. The average Bonchev–Trinajstić information content (AvgIpc) is 3.50. The molecule has 2 amide bonds. The first-order chi connectivity index (χ1) is 19.5. The Bertz CT molecular complexity index is 1310. The van der Waals surface area contributed by atoms with Gasteiger partial charge in [0.1, 0.15) is 5.75 Å². The summed E-state index contributed by atoms with van der Waals surface area (Å²) in [5, 5.41) is 10.0. The van der Waals surface area contributed by atoms with Gasteiger partial charge in [-0.25, -0.2) is 0 Å². The number of hydrogen-bond acceptors (Lipinski definition) is 4. The molecular weight excluding hydrogens is 498 g/mol. The van der Waals surface area contributed by atoms with E-state index in [0.29, 0.717) is 13.0 Å². The Hall–Kier alpha value is -3.18. The topological polar surface area (TPSA) is 66.8 Å². The maximum atomic E-state index is 13.8. The van der Waals surface area contributed by atoms with Crippen LogP contribution in [0.1, 0.15) is 82.3 Å². The number of phenolic OH excluding ortho intramolecular Hbond substituents is 1. The summed E-state index contributed by atoms with van der Waals surface area (Å²) in [6.45, 7) is 2.73. The summed E-state index contributed by atoms with van der Waals surface area (Å²) >= 11 is 0. The fraction of sp³-hybridized carbons (Fsp3) is 0.486. The number of imide groups is 1. The van der Waals surface area contributed by atoms with Crippen molar-refractivity contribution in [3.63, 3.8) is 0 Å². The van der Waals surface area contributed by atoms with Gasteiger partial charge >= 0.3 is 0 Å². The molecule has 6 rings (SSSR count). The fourth-order valence-corrected chi connectivity index (χ4v) is 7.79. The van der Waals surface area contributed by atoms with E-state index in [-0.39, 0.29) is 47.5 Å². The van der Waals surface area contributed by atoms with Crippen LogP contribution in [0.15, 0.2) is 65.7 Å². The van der Waals surface area contributed by atoms with Gasteiger partial charge in [-0.2, -0.15) is 0 Å². The molecule has 5 nitrogen and oxygen atoms in total. The third-order valence-corrected chi connectivity index (χ3v) is 9.57. The molecule has 0 radical (unpaired) electrons. The number of likely N-dealkylation sites (tertiary alicyclic amines) is 1. The molecule has 2 heterocycles. The van der Waals surface area contributed by atoms with Crippen LogP contribution in [0.25, 0.3) is 11.6 Å². The highest BCUT2D eigenvalue weighted by molar-refractivity contribution is 6.06. The molecule has 2 aliphatic carbocycles. The van der Waals surface area contributed by atoms with E-state index < -0.39 is 0 Å². The molecule has 4 aliphatic rings. The van der Waals surface area contributed by atoms with Gasteiger partial charge in [0.15, 0.2) is 0 Å². The van der Waals surface area contributed by atoms with Crippen LogP contribution in [-0.4, -0.2) is 40.6 Å². The van der Waals surface area contributed by atoms with Crippen LogP contribution in [-0.2, 0) is 14.3 Å². The molecular formula is C35H41NO4. The van der Waals surface area contributed by atoms with E-state index in [1.165, 1.54) is 23.1 Å². The number of nitrogens with zero attached hydrogens (tertiary/aromatic N) is 1. The predicted molar refractivity (Wildman–Crippen MR) is 157 cm³/mol. The summed E-state index contributed by atoms with van der Waals surface area (Å²) in [4.78, 5) is 29.2. The number of carbonyl (C=O) groups excluding carboxylic acids is 2. The van der Waals surface area contributed by atoms with Gasteiger partial charge in [0, 0.05) is 12.0 Å². The number of amides is 2. The largest absolute Gasteiger partial charge is 0.508 e. The standard InChI is InChI=1S/C35H41NO4/c1-2-10-26-21-29-33(35(39)36(34(29)38)27-14-7-4-8-15-27)30-22-40-31(32(26)30)18-17-25(24-12-5-3-6-13-24)19-23-11-9-16-28(37)20-23/h3,5-6,9,11-13,16,19-20,27,29-31,33,37H,2,4,7-8,10,14-15,17-18,21-22H2,1H3/b25-19-/t29-,30+,31-,33-/m1/s1. The van der Waals surface area contributed by atoms with Gasteiger partial charge in [-0.3, -0.25) is 14.5 Å². The van der Waals surface area contributed by atoms with E-state index in [1.807, 2.05) is 18.2 Å². The number of carbonyl (C=O) groups is 2. The number of phenols is 1. The first-order valence-electron chi connectivity index (χ1n) is 15.3. The van der Waals surface area contributed by atoms with Gasteiger partial charge < -0.3 is 9.84 Å². The molecule has 210 valence electrons. The summed E-state index contributed by atoms with van der Waals surface area (Å²) in [7, 11) is 0. The second kappa shape index (κ2) is 11.7. The van der Waals surface area contributed by atoms with E-state index in [4.69, 9.17) is 4.74 Å². The van der Waals surface area contributed by atoms with Crippen molar-refractivity contribution in [2.75, 3.05) is 6.61 Å². The number of rotatable bonds is 8. The van der Waals surface area contributed by atoms with E-state index in [9.17, 15) is 14.7 Å². The molecule has 0 unspecified atom stereocenters. The predicted octanol–water partition coefficient (Wildman–Crippen LogP) is 7.16. The van der Waals surface area contributed by atoms with Crippen LogP contribution in [0, 0.1) is 17.8 Å². The first-order valence-corrected chi connectivity index (χ1v) is 15.3. The highest BCUT2D eigenvalue weighted by atomic mass is 16.5. The Morgan fingerprint density at radius 1 is 1.00 bits per heavy atom. The minimum Gasteiger partial charge on any atom is -0.508 e. The van der Waals surface area contributed by atoms with Crippen molar-refractivity contribution in [1.29, 1.82) is 0 Å². The maximum absolute atomic E-state index is 13.8. The van der Waals surface area contributed by atoms with Crippen LogP contribution >= 0.6 is 0 Å². The summed E-state index contributed by atoms with van der Waals surface area (Å²) in [6.07, 6.45) is 11.8. The maximum Gasteiger partial charge on any atom is 0.234 e. The van der Waals surface area contributed by atoms with E-state index in [2.05, 4.69) is 37.3 Å². The molecule has 1 N–H and O–H groups in total. The lowest BCUT2D eigenvalue weighted by molar-refractivity contribution is -0.143. The lowest BCUT2D eigenvalue weighted by Gasteiger charge is -2.32. The van der Waals surface area contributed by atoms with Crippen molar-refractivity contribution < 1.29 is 19.4 Å². The van der Waals surface area contributed by atoms with Crippen LogP contribution < -0.4 is 0 Å². The summed E-state index contributed by atoms with van der Waals surface area (Å²) in [6, 6.07) is 17.8. The molecule has 40 heavy (non-hydrogen) atoms. The summed E-state index contributed by atoms with van der Waals surface area (Å²) in [5.74, 6) is -0.0432. The summed E-state index contributed by atoms with van der Waals surface area (Å²) < 4.78 is 6.50. The molecule has 3 fully saturated rings. The van der Waals surface area contributed by atoms with Crippen molar-refractivity contribution in [1.82, 2.24) is 4.90 Å². The van der Waals surface area contributed by atoms with Crippen molar-refractivity contribution in [2.24, 2.45) is 17.8 Å². The van der Waals surface area contributed by atoms with Gasteiger partial charge in [0.05, 0.1) is 24.5 Å². The Labute approximate surface area is 237 Å². The molecule has 2 saturated heterocycles. The SMILES string of the molecule is CCCC1=C2[C@@H](CC/C(=C/c3cccc(O)c3)c3ccccc3)OC[C@@H]2[C@@H]2C(=O)N(C3CCCCC3)C(=O)[C@@H]2C1. The number of fused-ring (bicyclic) bond motifs is 3. The highest BCUT2D eigenvalue weighted by Crippen LogP contribution is 2.51. The van der Waals surface area contributed by atoms with Crippen molar-refractivity contribution in [3.8, 4) is 5.75 Å². The van der Waals surface area contributed by atoms with Crippen LogP contribution in [0.4, 0.5) is 0 Å². The number of hydrogen-bond donors (Lipinski definition) is 1. The zero-order valence-electron chi connectivity index (χ0n) is 23.6. The number of allylic oxidation sites excluding steroid dienone is 2. The van der Waals surface area contributed by atoms with Gasteiger partial charge in [0.2, 0.25) is 11.8 Å². The Kier molecular flexibility index (Phi) is 7.93. The number of ether oxygens (including phenoxy) is 1. The Balaban J connectivity index is 1.26. The molecule has 0 aromatic heterocycles. The fourth-order valence-electron chi connectivity index (χ4n) is 7.79. The molecule has 5 heteroatoms. The third kappa shape index (κ3) is 5.16. The molecule has 0 bridgehead atoms. The molecule has 2 aliphatic heterocycles. The van der Waals surface area contributed by atoms with Gasteiger partial charge in [0.25, 0.3) is 0 Å². The monoisotopic (exact) mass is 539 g/mol. The smallest absolute Gasteiger partial charge is 0.234 e. The van der Waals surface area contributed by atoms with Gasteiger partial charge in [-0.05, 0) is 72.9 Å². The zero-order valence-corrected chi connectivity index (χ0v) is 23.6. The third-order valence-electron chi connectivity index (χ3n) is 9.57. The average molecular weight is 540 g/mol. The summed E-state index contributed by atoms with van der Waals surface area (Å²) in [5.41, 5.74) is 6.00. The molecule has 4 atom stereocenters. The first kappa shape index (κ1) is 27.0. The van der Waals surface area contributed by atoms with Crippen molar-refractivity contribution in [2.45, 2.75) is 83.3 Å². The normalized spacial score (nSPS) is 27.3. The number of benzene rings is 2.